The van der Waals surface area contributed by atoms with E-state index in [1.165, 1.54) is 48.5 Å². The third kappa shape index (κ3) is 5.04. The number of para-hydroxylation sites is 1. The second-order valence-electron chi connectivity index (χ2n) is 7.39. The van der Waals surface area contributed by atoms with Crippen molar-refractivity contribution in [1.82, 2.24) is 9.78 Å². The Hall–Kier alpha value is -3.53. The number of hydrogen-bond acceptors (Lipinski definition) is 3. The van der Waals surface area contributed by atoms with Gasteiger partial charge in [0.1, 0.15) is 5.56 Å². The highest BCUT2D eigenvalue weighted by Crippen LogP contribution is 2.35. The molecule has 0 unspecified atom stereocenters. The average Bonchev–Trinajstić information content (AvgIpc) is 3.27. The van der Waals surface area contributed by atoms with Crippen molar-refractivity contribution in [2.45, 2.75) is 6.18 Å². The van der Waals surface area contributed by atoms with Crippen molar-refractivity contribution in [2.24, 2.45) is 0 Å². The second kappa shape index (κ2) is 9.85. The van der Waals surface area contributed by atoms with Crippen molar-refractivity contribution in [2.75, 3.05) is 5.32 Å². The number of aromatic nitrogens is 2. The molecule has 4 aromatic rings. The SMILES string of the molecule is O=C(Nc1c(Cl)ccc(Cl)c1C(=O)O)c1ccc(-c2cc(C(F)(F)F)nn2-c2ccccc2Cl)cc1. The molecule has 3 aromatic carbocycles. The Morgan fingerprint density at radius 1 is 0.889 bits per heavy atom. The van der Waals surface area contributed by atoms with Gasteiger partial charge in [-0.2, -0.15) is 18.3 Å². The van der Waals surface area contributed by atoms with Crippen LogP contribution in [0.5, 0.6) is 0 Å². The van der Waals surface area contributed by atoms with E-state index in [-0.39, 0.29) is 43.3 Å². The van der Waals surface area contributed by atoms with Crippen LogP contribution in [0, 0.1) is 0 Å². The van der Waals surface area contributed by atoms with Crippen LogP contribution < -0.4 is 5.32 Å². The number of carboxylic acid groups (broad SMARTS) is 1. The van der Waals surface area contributed by atoms with E-state index in [0.717, 1.165) is 10.7 Å². The first-order chi connectivity index (χ1) is 17.0. The molecule has 0 fully saturated rings. The molecular formula is C24H13Cl3F3N3O3. The summed E-state index contributed by atoms with van der Waals surface area (Å²) in [6.45, 7) is 0. The van der Waals surface area contributed by atoms with E-state index in [0.29, 0.717) is 5.56 Å². The number of amides is 1. The van der Waals surface area contributed by atoms with Gasteiger partial charge >= 0.3 is 12.1 Å². The average molecular weight is 555 g/mol. The molecule has 0 saturated heterocycles. The third-order valence-corrected chi connectivity index (χ3v) is 6.03. The maximum absolute atomic E-state index is 13.4. The van der Waals surface area contributed by atoms with Gasteiger partial charge in [0.05, 0.1) is 32.1 Å². The minimum atomic E-state index is -4.70. The highest BCUT2D eigenvalue weighted by atomic mass is 35.5. The molecule has 184 valence electrons. The summed E-state index contributed by atoms with van der Waals surface area (Å²) in [5.74, 6) is -2.09. The Morgan fingerprint density at radius 2 is 1.53 bits per heavy atom. The number of carbonyl (C=O) groups excluding carboxylic acids is 1. The summed E-state index contributed by atoms with van der Waals surface area (Å²) >= 11 is 18.2. The molecule has 0 aliphatic heterocycles. The fraction of sp³-hybridized carbons (Fsp3) is 0.0417. The molecule has 0 bridgehead atoms. The molecular weight excluding hydrogens is 542 g/mol. The molecule has 0 saturated carbocycles. The lowest BCUT2D eigenvalue weighted by molar-refractivity contribution is -0.141. The summed E-state index contributed by atoms with van der Waals surface area (Å²) < 4.78 is 41.3. The van der Waals surface area contributed by atoms with Gasteiger partial charge in [-0.3, -0.25) is 4.79 Å². The number of anilines is 1. The number of hydrogen-bond donors (Lipinski definition) is 2. The molecule has 12 heteroatoms. The largest absolute Gasteiger partial charge is 0.478 e. The fourth-order valence-electron chi connectivity index (χ4n) is 3.39. The zero-order chi connectivity index (χ0) is 26.2. The number of alkyl halides is 3. The lowest BCUT2D eigenvalue weighted by Crippen LogP contribution is -2.15. The minimum Gasteiger partial charge on any atom is -0.478 e. The van der Waals surface area contributed by atoms with Crippen molar-refractivity contribution >= 4 is 52.4 Å². The molecule has 0 aliphatic rings. The van der Waals surface area contributed by atoms with Crippen LogP contribution >= 0.6 is 34.8 Å². The van der Waals surface area contributed by atoms with Crippen LogP contribution in [0.25, 0.3) is 16.9 Å². The van der Waals surface area contributed by atoms with Crippen LogP contribution in [-0.4, -0.2) is 26.8 Å². The van der Waals surface area contributed by atoms with Gasteiger partial charge in [-0.1, -0.05) is 59.1 Å². The molecule has 1 heterocycles. The maximum Gasteiger partial charge on any atom is 0.435 e. The first kappa shape index (κ1) is 25.6. The number of halogens is 6. The van der Waals surface area contributed by atoms with Gasteiger partial charge < -0.3 is 10.4 Å². The zero-order valence-electron chi connectivity index (χ0n) is 17.8. The first-order valence-corrected chi connectivity index (χ1v) is 11.2. The van der Waals surface area contributed by atoms with Gasteiger partial charge in [0.25, 0.3) is 5.91 Å². The molecule has 1 amide bonds. The number of aromatic carboxylic acids is 1. The van der Waals surface area contributed by atoms with Crippen LogP contribution in [-0.2, 0) is 6.18 Å². The van der Waals surface area contributed by atoms with Gasteiger partial charge in [0, 0.05) is 11.1 Å². The van der Waals surface area contributed by atoms with Gasteiger partial charge in [0.15, 0.2) is 5.69 Å². The van der Waals surface area contributed by atoms with Crippen molar-refractivity contribution in [3.63, 3.8) is 0 Å². The van der Waals surface area contributed by atoms with E-state index in [1.54, 1.807) is 12.1 Å². The lowest BCUT2D eigenvalue weighted by Gasteiger charge is -2.12. The van der Waals surface area contributed by atoms with Crippen LogP contribution in [0.4, 0.5) is 18.9 Å². The van der Waals surface area contributed by atoms with Crippen LogP contribution in [0.2, 0.25) is 15.1 Å². The molecule has 0 radical (unpaired) electrons. The van der Waals surface area contributed by atoms with Gasteiger partial charge in [-0.05, 0) is 42.5 Å². The highest BCUT2D eigenvalue weighted by molar-refractivity contribution is 6.39. The molecule has 4 rings (SSSR count). The quantitative estimate of drug-likeness (QED) is 0.268. The maximum atomic E-state index is 13.4. The number of nitrogens with zero attached hydrogens (tertiary/aromatic N) is 2. The lowest BCUT2D eigenvalue weighted by atomic mass is 10.1. The smallest absolute Gasteiger partial charge is 0.435 e. The van der Waals surface area contributed by atoms with E-state index in [1.807, 2.05) is 0 Å². The van der Waals surface area contributed by atoms with E-state index in [4.69, 9.17) is 34.8 Å². The van der Waals surface area contributed by atoms with Crippen molar-refractivity contribution in [3.8, 4) is 16.9 Å². The van der Waals surface area contributed by atoms with Gasteiger partial charge in [-0.15, -0.1) is 0 Å². The molecule has 0 aliphatic carbocycles. The van der Waals surface area contributed by atoms with Crippen LogP contribution in [0.1, 0.15) is 26.4 Å². The Balaban J connectivity index is 1.70. The van der Waals surface area contributed by atoms with E-state index < -0.39 is 23.7 Å². The molecule has 6 nitrogen and oxygen atoms in total. The molecule has 0 atom stereocenters. The normalized spacial score (nSPS) is 11.4. The van der Waals surface area contributed by atoms with Crippen molar-refractivity contribution in [3.05, 3.63) is 98.6 Å². The van der Waals surface area contributed by atoms with Gasteiger partial charge in [-0.25, -0.2) is 9.48 Å². The fourth-order valence-corrected chi connectivity index (χ4v) is 4.05. The summed E-state index contributed by atoms with van der Waals surface area (Å²) in [5.41, 5.74) is -0.935. The van der Waals surface area contributed by atoms with Crippen LogP contribution in [0.15, 0.2) is 66.7 Å². The summed E-state index contributed by atoms with van der Waals surface area (Å²) in [5, 5.41) is 15.6. The van der Waals surface area contributed by atoms with Crippen molar-refractivity contribution < 1.29 is 27.9 Å². The standard InChI is InChI=1S/C24H13Cl3F3N3O3/c25-14-3-1-2-4-17(14)33-18(11-19(32-33)24(28,29)30)12-5-7-13(8-6-12)22(34)31-21-16(27)10-9-15(26)20(21)23(35)36/h1-11H,(H,31,34)(H,35,36). The Bertz CT molecular complexity index is 1490. The predicted molar refractivity (Wildman–Crippen MR) is 130 cm³/mol. The molecule has 1 aromatic heterocycles. The monoisotopic (exact) mass is 553 g/mol. The van der Waals surface area contributed by atoms with E-state index >= 15 is 0 Å². The number of carbonyl (C=O) groups is 2. The topological polar surface area (TPSA) is 84.2 Å². The van der Waals surface area contributed by atoms with E-state index in [2.05, 4.69) is 10.4 Å². The van der Waals surface area contributed by atoms with Crippen LogP contribution in [0.3, 0.4) is 0 Å². The van der Waals surface area contributed by atoms with Crippen molar-refractivity contribution in [1.29, 1.82) is 0 Å². The third-order valence-electron chi connectivity index (χ3n) is 5.08. The van der Waals surface area contributed by atoms with Gasteiger partial charge in [0.2, 0.25) is 0 Å². The Kier molecular flexibility index (Phi) is 6.99. The Morgan fingerprint density at radius 3 is 2.14 bits per heavy atom. The molecule has 2 N–H and O–H groups in total. The Labute approximate surface area is 216 Å². The zero-order valence-corrected chi connectivity index (χ0v) is 20.0. The number of nitrogens with one attached hydrogen (secondary N) is 1. The van der Waals surface area contributed by atoms with E-state index in [9.17, 15) is 27.9 Å². The number of rotatable bonds is 5. The summed E-state index contributed by atoms with van der Waals surface area (Å²) in [6.07, 6.45) is -4.70. The summed E-state index contributed by atoms with van der Waals surface area (Å²) in [4.78, 5) is 24.3. The first-order valence-electron chi connectivity index (χ1n) is 10.0. The minimum absolute atomic E-state index is 0.0370. The number of benzene rings is 3. The highest BCUT2D eigenvalue weighted by Gasteiger charge is 2.35. The summed E-state index contributed by atoms with van der Waals surface area (Å²) in [6, 6.07) is 15.4. The summed E-state index contributed by atoms with van der Waals surface area (Å²) in [7, 11) is 0. The number of carboxylic acids is 1. The second-order valence-corrected chi connectivity index (χ2v) is 8.61. The molecule has 36 heavy (non-hydrogen) atoms. The molecule has 0 spiro atoms. The predicted octanol–water partition coefficient (Wildman–Crippen LogP) is 7.47.